The van der Waals surface area contributed by atoms with E-state index >= 15 is 0 Å². The Hall–Kier alpha value is -1.98. The zero-order chi connectivity index (χ0) is 12.6. The zero-order valence-corrected chi connectivity index (χ0v) is 9.20. The molecule has 17 heavy (non-hydrogen) atoms. The van der Waals surface area contributed by atoms with Gasteiger partial charge in [-0.1, -0.05) is 0 Å². The highest BCUT2D eigenvalue weighted by Gasteiger charge is 2.39. The third-order valence-corrected chi connectivity index (χ3v) is 2.82. The quantitative estimate of drug-likeness (QED) is 0.646. The van der Waals surface area contributed by atoms with Crippen LogP contribution in [0.5, 0.6) is 0 Å². The molecule has 1 fully saturated rings. The van der Waals surface area contributed by atoms with Crippen LogP contribution in [0.2, 0.25) is 0 Å². The van der Waals surface area contributed by atoms with Crippen molar-refractivity contribution in [3.05, 3.63) is 39.7 Å². The number of hydrogen-bond donors (Lipinski definition) is 1. The van der Waals surface area contributed by atoms with Gasteiger partial charge in [-0.25, -0.2) is 4.39 Å². The minimum absolute atomic E-state index is 0.233. The summed E-state index contributed by atoms with van der Waals surface area (Å²) in [4.78, 5) is 21.8. The predicted molar refractivity (Wildman–Crippen MR) is 58.2 cm³/mol. The third kappa shape index (κ3) is 2.41. The van der Waals surface area contributed by atoms with Crippen molar-refractivity contribution < 1.29 is 14.1 Å². The number of nitrogens with zero attached hydrogens (tertiary/aromatic N) is 1. The van der Waals surface area contributed by atoms with Gasteiger partial charge in [0.2, 0.25) is 0 Å². The predicted octanol–water partition coefficient (Wildman–Crippen LogP) is 2.02. The first-order valence-electron chi connectivity index (χ1n) is 5.18. The Balaban J connectivity index is 2.32. The molecule has 0 aromatic heterocycles. The fourth-order valence-electron chi connectivity index (χ4n) is 1.50. The first kappa shape index (κ1) is 11.5. The number of nitro benzene ring substituents is 1. The molecule has 0 unspecified atom stereocenters. The van der Waals surface area contributed by atoms with Crippen LogP contribution in [-0.4, -0.2) is 16.4 Å². The zero-order valence-electron chi connectivity index (χ0n) is 9.20. The molecular formula is C11H11FN2O3. The number of carbonyl (C=O) groups is 1. The van der Waals surface area contributed by atoms with Gasteiger partial charge in [0.05, 0.1) is 4.92 Å². The Labute approximate surface area is 96.8 Å². The summed E-state index contributed by atoms with van der Waals surface area (Å²) in [5.41, 5.74) is -0.909. The molecular weight excluding hydrogens is 227 g/mol. The molecule has 1 aliphatic carbocycles. The minimum atomic E-state index is -0.691. The number of carbonyl (C=O) groups excluding carboxylic acids is 1. The van der Waals surface area contributed by atoms with E-state index in [2.05, 4.69) is 5.32 Å². The van der Waals surface area contributed by atoms with E-state index in [1.54, 1.807) is 0 Å². The van der Waals surface area contributed by atoms with Gasteiger partial charge in [0, 0.05) is 11.6 Å². The Morgan fingerprint density at radius 2 is 2.18 bits per heavy atom. The number of halogens is 1. The number of nitrogens with one attached hydrogen (secondary N) is 1. The van der Waals surface area contributed by atoms with E-state index in [9.17, 15) is 19.3 Å². The monoisotopic (exact) mass is 238 g/mol. The van der Waals surface area contributed by atoms with Gasteiger partial charge in [-0.2, -0.15) is 0 Å². The van der Waals surface area contributed by atoms with Crippen LogP contribution in [0, 0.1) is 15.9 Å². The summed E-state index contributed by atoms with van der Waals surface area (Å²) in [6.07, 6.45) is 1.67. The van der Waals surface area contributed by atoms with E-state index in [1.165, 1.54) is 0 Å². The van der Waals surface area contributed by atoms with E-state index in [0.717, 1.165) is 31.0 Å². The summed E-state index contributed by atoms with van der Waals surface area (Å²) >= 11 is 0. The van der Waals surface area contributed by atoms with Crippen LogP contribution >= 0.6 is 0 Å². The molecule has 0 radical (unpaired) electrons. The van der Waals surface area contributed by atoms with Crippen molar-refractivity contribution in [1.82, 2.24) is 5.32 Å². The number of amides is 1. The Kier molecular flexibility index (Phi) is 2.57. The van der Waals surface area contributed by atoms with Crippen molar-refractivity contribution in [2.24, 2.45) is 0 Å². The Morgan fingerprint density at radius 3 is 2.71 bits per heavy atom. The molecule has 1 aliphatic rings. The molecule has 0 saturated heterocycles. The average molecular weight is 238 g/mol. The van der Waals surface area contributed by atoms with Crippen LogP contribution in [0.15, 0.2) is 18.2 Å². The number of benzene rings is 1. The second kappa shape index (κ2) is 3.80. The van der Waals surface area contributed by atoms with Gasteiger partial charge >= 0.3 is 0 Å². The van der Waals surface area contributed by atoms with Crippen molar-refractivity contribution in [1.29, 1.82) is 0 Å². The maximum absolute atomic E-state index is 13.0. The first-order valence-corrected chi connectivity index (χ1v) is 5.18. The normalized spacial score (nSPS) is 16.4. The molecule has 0 spiro atoms. The largest absolute Gasteiger partial charge is 0.347 e. The molecule has 5 nitrogen and oxygen atoms in total. The lowest BCUT2D eigenvalue weighted by Crippen LogP contribution is -2.34. The second-order valence-corrected chi connectivity index (χ2v) is 4.43. The fraction of sp³-hybridized carbons (Fsp3) is 0.364. The van der Waals surface area contributed by atoms with Crippen LogP contribution in [0.25, 0.3) is 0 Å². The van der Waals surface area contributed by atoms with Crippen LogP contribution in [0.4, 0.5) is 10.1 Å². The van der Waals surface area contributed by atoms with Crippen molar-refractivity contribution >= 4 is 11.6 Å². The summed E-state index contributed by atoms with van der Waals surface area (Å²) in [5.74, 6) is -1.27. The lowest BCUT2D eigenvalue weighted by Gasteiger charge is -2.11. The summed E-state index contributed by atoms with van der Waals surface area (Å²) in [6.45, 7) is 1.84. The molecule has 1 N–H and O–H groups in total. The number of rotatable bonds is 3. The molecule has 0 atom stereocenters. The molecule has 6 heteroatoms. The van der Waals surface area contributed by atoms with Crippen molar-refractivity contribution in [3.8, 4) is 0 Å². The summed E-state index contributed by atoms with van der Waals surface area (Å²) in [7, 11) is 0. The molecule has 1 aromatic carbocycles. The molecule has 0 heterocycles. The molecule has 1 amide bonds. The maximum atomic E-state index is 13.0. The van der Waals surface area contributed by atoms with Crippen molar-refractivity contribution in [2.45, 2.75) is 25.3 Å². The van der Waals surface area contributed by atoms with Gasteiger partial charge < -0.3 is 5.32 Å². The van der Waals surface area contributed by atoms with Gasteiger partial charge in [0.25, 0.3) is 11.6 Å². The summed E-state index contributed by atoms with van der Waals surface area (Å²) in [5, 5.41) is 13.4. The molecule has 1 aromatic rings. The van der Waals surface area contributed by atoms with E-state index in [-0.39, 0.29) is 16.8 Å². The standard InChI is InChI=1S/C11H11FN2O3/c1-11(4-5-11)13-10(15)8-6-7(12)2-3-9(8)14(16)17/h2-3,6H,4-5H2,1H3,(H,13,15). The fourth-order valence-corrected chi connectivity index (χ4v) is 1.50. The maximum Gasteiger partial charge on any atom is 0.282 e. The minimum Gasteiger partial charge on any atom is -0.347 e. The SMILES string of the molecule is CC1(NC(=O)c2cc(F)ccc2[N+](=O)[O-])CC1. The Morgan fingerprint density at radius 1 is 1.53 bits per heavy atom. The van der Waals surface area contributed by atoms with Crippen LogP contribution in [0.3, 0.4) is 0 Å². The molecule has 90 valence electrons. The van der Waals surface area contributed by atoms with Gasteiger partial charge in [-0.15, -0.1) is 0 Å². The molecule has 1 saturated carbocycles. The topological polar surface area (TPSA) is 72.2 Å². The molecule has 0 bridgehead atoms. The summed E-state index contributed by atoms with van der Waals surface area (Å²) in [6, 6.07) is 2.85. The van der Waals surface area contributed by atoms with Gasteiger partial charge in [-0.3, -0.25) is 14.9 Å². The van der Waals surface area contributed by atoms with Crippen LogP contribution < -0.4 is 5.32 Å². The third-order valence-electron chi connectivity index (χ3n) is 2.82. The lowest BCUT2D eigenvalue weighted by atomic mass is 10.1. The average Bonchev–Trinajstić information content (AvgIpc) is 2.95. The van der Waals surface area contributed by atoms with Crippen molar-refractivity contribution in [2.75, 3.05) is 0 Å². The smallest absolute Gasteiger partial charge is 0.282 e. The first-order chi connectivity index (χ1) is 7.91. The van der Waals surface area contributed by atoms with Crippen molar-refractivity contribution in [3.63, 3.8) is 0 Å². The van der Waals surface area contributed by atoms with E-state index in [1.807, 2.05) is 6.92 Å². The Bertz CT molecular complexity index is 497. The van der Waals surface area contributed by atoms with E-state index < -0.39 is 16.6 Å². The molecule has 0 aliphatic heterocycles. The highest BCUT2D eigenvalue weighted by Crippen LogP contribution is 2.35. The van der Waals surface area contributed by atoms with Crippen LogP contribution in [0.1, 0.15) is 30.1 Å². The number of nitro groups is 1. The summed E-state index contributed by atoms with van der Waals surface area (Å²) < 4.78 is 13.0. The van der Waals surface area contributed by atoms with Gasteiger partial charge in [0.15, 0.2) is 0 Å². The van der Waals surface area contributed by atoms with Gasteiger partial charge in [-0.05, 0) is 31.9 Å². The van der Waals surface area contributed by atoms with E-state index in [0.29, 0.717) is 0 Å². The van der Waals surface area contributed by atoms with E-state index in [4.69, 9.17) is 0 Å². The van der Waals surface area contributed by atoms with Gasteiger partial charge in [0.1, 0.15) is 11.4 Å². The highest BCUT2D eigenvalue weighted by molar-refractivity contribution is 5.98. The lowest BCUT2D eigenvalue weighted by molar-refractivity contribution is -0.385. The second-order valence-electron chi connectivity index (χ2n) is 4.43. The van der Waals surface area contributed by atoms with Crippen LogP contribution in [-0.2, 0) is 0 Å². The highest BCUT2D eigenvalue weighted by atomic mass is 19.1. The molecule has 2 rings (SSSR count). The number of hydrogen-bond acceptors (Lipinski definition) is 3.